The number of piperidine rings is 1. The van der Waals surface area contributed by atoms with Gasteiger partial charge in [0.15, 0.2) is 5.69 Å². The second-order valence-electron chi connectivity index (χ2n) is 5.09. The predicted octanol–water partition coefficient (Wildman–Crippen LogP) is 1.56. The molecule has 1 saturated carbocycles. The molecule has 5 nitrogen and oxygen atoms in total. The summed E-state index contributed by atoms with van der Waals surface area (Å²) >= 11 is 0. The highest BCUT2D eigenvalue weighted by molar-refractivity contribution is 5.84. The molecule has 0 amide bonds. The fraction of sp³-hybridized carbons (Fsp3) is 0.583. The van der Waals surface area contributed by atoms with Crippen molar-refractivity contribution in [1.82, 2.24) is 9.97 Å². The van der Waals surface area contributed by atoms with E-state index in [2.05, 4.69) is 14.9 Å². The second kappa shape index (κ2) is 3.68. The zero-order valence-electron chi connectivity index (χ0n) is 9.59. The third-order valence-corrected chi connectivity index (χ3v) is 3.80. The molecule has 5 heteroatoms. The van der Waals surface area contributed by atoms with Crippen molar-refractivity contribution < 1.29 is 9.90 Å². The van der Waals surface area contributed by atoms with Gasteiger partial charge in [0.2, 0.25) is 0 Å². The van der Waals surface area contributed by atoms with Crippen LogP contribution < -0.4 is 4.90 Å². The van der Waals surface area contributed by atoms with Crippen LogP contribution in [0.2, 0.25) is 0 Å². The van der Waals surface area contributed by atoms with Crippen LogP contribution in [0.5, 0.6) is 0 Å². The average molecular weight is 233 g/mol. The zero-order valence-corrected chi connectivity index (χ0v) is 9.59. The molecule has 1 aromatic heterocycles. The first-order valence-corrected chi connectivity index (χ1v) is 5.99. The van der Waals surface area contributed by atoms with Crippen molar-refractivity contribution in [3.8, 4) is 0 Å². The van der Waals surface area contributed by atoms with Crippen molar-refractivity contribution in [3.63, 3.8) is 0 Å². The average Bonchev–Trinajstić information content (AvgIpc) is 3.08. The molecule has 1 spiro atoms. The van der Waals surface area contributed by atoms with Crippen LogP contribution in [0, 0.1) is 5.41 Å². The van der Waals surface area contributed by atoms with Gasteiger partial charge >= 0.3 is 5.97 Å². The molecule has 1 N–H and O–H groups in total. The van der Waals surface area contributed by atoms with E-state index in [0.717, 1.165) is 18.9 Å². The minimum atomic E-state index is -1.03. The molecule has 2 heterocycles. The maximum absolute atomic E-state index is 10.7. The smallest absolute Gasteiger partial charge is 0.356 e. The van der Waals surface area contributed by atoms with Crippen LogP contribution in [0.1, 0.15) is 36.2 Å². The van der Waals surface area contributed by atoms with Crippen LogP contribution >= 0.6 is 0 Å². The third kappa shape index (κ3) is 1.97. The Morgan fingerprint density at radius 2 is 2.12 bits per heavy atom. The predicted molar refractivity (Wildman–Crippen MR) is 62.1 cm³/mol. The highest BCUT2D eigenvalue weighted by Gasteiger charge is 2.45. The lowest BCUT2D eigenvalue weighted by Crippen LogP contribution is -2.37. The molecule has 1 aromatic rings. The van der Waals surface area contributed by atoms with E-state index >= 15 is 0 Å². The molecule has 2 fully saturated rings. The first-order chi connectivity index (χ1) is 8.19. The van der Waals surface area contributed by atoms with Gasteiger partial charge < -0.3 is 10.0 Å². The molecular weight excluding hydrogens is 218 g/mol. The maximum Gasteiger partial charge on any atom is 0.356 e. The molecule has 0 radical (unpaired) electrons. The van der Waals surface area contributed by atoms with Gasteiger partial charge in [-0.2, -0.15) is 0 Å². The number of carboxylic acids is 1. The van der Waals surface area contributed by atoms with E-state index in [4.69, 9.17) is 5.11 Å². The number of rotatable bonds is 2. The molecule has 2 aliphatic rings. The van der Waals surface area contributed by atoms with Gasteiger partial charge in [0.25, 0.3) is 0 Å². The summed E-state index contributed by atoms with van der Waals surface area (Å²) in [6.07, 6.45) is 8.08. The molecule has 0 aromatic carbocycles. The standard InChI is InChI=1S/C12H15N3O2/c16-11(17)9-6-14-10(7-13-9)15-5-1-2-12(8-15)3-4-12/h6-7H,1-5,8H2,(H,16,17). The monoisotopic (exact) mass is 233 g/mol. The Bertz CT molecular complexity index is 440. The summed E-state index contributed by atoms with van der Waals surface area (Å²) in [7, 11) is 0. The minimum absolute atomic E-state index is 0.00638. The summed E-state index contributed by atoms with van der Waals surface area (Å²) < 4.78 is 0. The number of hydrogen-bond acceptors (Lipinski definition) is 4. The Morgan fingerprint density at radius 1 is 1.29 bits per heavy atom. The topological polar surface area (TPSA) is 66.3 Å². The van der Waals surface area contributed by atoms with E-state index in [1.807, 2.05) is 0 Å². The maximum atomic E-state index is 10.7. The summed E-state index contributed by atoms with van der Waals surface area (Å²) in [6, 6.07) is 0. The second-order valence-corrected chi connectivity index (χ2v) is 5.09. The quantitative estimate of drug-likeness (QED) is 0.839. The molecule has 0 bridgehead atoms. The van der Waals surface area contributed by atoms with Crippen molar-refractivity contribution in [2.45, 2.75) is 25.7 Å². The lowest BCUT2D eigenvalue weighted by molar-refractivity contribution is 0.0690. The third-order valence-electron chi connectivity index (χ3n) is 3.80. The van der Waals surface area contributed by atoms with Gasteiger partial charge in [-0.1, -0.05) is 0 Å². The molecule has 0 unspecified atom stereocenters. The van der Waals surface area contributed by atoms with Crippen molar-refractivity contribution in [1.29, 1.82) is 0 Å². The number of carboxylic acid groups (broad SMARTS) is 1. The van der Waals surface area contributed by atoms with Crippen LogP contribution in [0.25, 0.3) is 0 Å². The Hall–Kier alpha value is -1.65. The fourth-order valence-electron chi connectivity index (χ4n) is 2.58. The van der Waals surface area contributed by atoms with Gasteiger partial charge in [0.1, 0.15) is 5.82 Å². The van der Waals surface area contributed by atoms with Crippen molar-refractivity contribution in [3.05, 3.63) is 18.1 Å². The van der Waals surface area contributed by atoms with Crippen LogP contribution in [-0.4, -0.2) is 34.1 Å². The van der Waals surface area contributed by atoms with Crippen molar-refractivity contribution >= 4 is 11.8 Å². The summed E-state index contributed by atoms with van der Waals surface area (Å²) in [6.45, 7) is 2.05. The lowest BCUT2D eigenvalue weighted by Gasteiger charge is -2.33. The Kier molecular flexibility index (Phi) is 2.28. The van der Waals surface area contributed by atoms with Gasteiger partial charge in [0, 0.05) is 13.1 Å². The highest BCUT2D eigenvalue weighted by atomic mass is 16.4. The molecular formula is C12H15N3O2. The van der Waals surface area contributed by atoms with E-state index < -0.39 is 5.97 Å². The van der Waals surface area contributed by atoms with Gasteiger partial charge in [-0.3, -0.25) is 0 Å². The Balaban J connectivity index is 1.77. The number of hydrogen-bond donors (Lipinski definition) is 1. The van der Waals surface area contributed by atoms with E-state index in [0.29, 0.717) is 5.41 Å². The van der Waals surface area contributed by atoms with Gasteiger partial charge in [-0.15, -0.1) is 0 Å². The Morgan fingerprint density at radius 3 is 2.71 bits per heavy atom. The zero-order chi connectivity index (χ0) is 11.9. The number of carbonyl (C=O) groups is 1. The molecule has 90 valence electrons. The van der Waals surface area contributed by atoms with E-state index in [-0.39, 0.29) is 5.69 Å². The number of aromatic carboxylic acids is 1. The molecule has 3 rings (SSSR count). The van der Waals surface area contributed by atoms with Crippen molar-refractivity contribution in [2.24, 2.45) is 5.41 Å². The molecule has 0 atom stereocenters. The molecule has 1 aliphatic carbocycles. The lowest BCUT2D eigenvalue weighted by atomic mass is 9.95. The van der Waals surface area contributed by atoms with Crippen LogP contribution in [0.3, 0.4) is 0 Å². The summed E-state index contributed by atoms with van der Waals surface area (Å²) in [5, 5.41) is 8.76. The minimum Gasteiger partial charge on any atom is -0.476 e. The number of aromatic nitrogens is 2. The van der Waals surface area contributed by atoms with Crippen LogP contribution in [0.4, 0.5) is 5.82 Å². The molecule has 1 aliphatic heterocycles. The summed E-state index contributed by atoms with van der Waals surface area (Å²) in [5.41, 5.74) is 0.540. The Labute approximate surface area is 99.5 Å². The number of anilines is 1. The first kappa shape index (κ1) is 10.5. The molecule has 1 saturated heterocycles. The fourth-order valence-corrected chi connectivity index (χ4v) is 2.58. The number of nitrogens with zero attached hydrogens (tertiary/aromatic N) is 3. The van der Waals surface area contributed by atoms with Crippen LogP contribution in [0.15, 0.2) is 12.4 Å². The van der Waals surface area contributed by atoms with Crippen LogP contribution in [-0.2, 0) is 0 Å². The van der Waals surface area contributed by atoms with E-state index in [9.17, 15) is 4.79 Å². The normalized spacial score (nSPS) is 21.5. The summed E-state index contributed by atoms with van der Waals surface area (Å²) in [5.74, 6) is -0.220. The van der Waals surface area contributed by atoms with Crippen molar-refractivity contribution in [2.75, 3.05) is 18.0 Å². The van der Waals surface area contributed by atoms with E-state index in [1.54, 1.807) is 6.20 Å². The van der Waals surface area contributed by atoms with E-state index in [1.165, 1.54) is 31.9 Å². The van der Waals surface area contributed by atoms with Gasteiger partial charge in [-0.25, -0.2) is 14.8 Å². The SMILES string of the molecule is O=C(O)c1cnc(N2CCCC3(CC3)C2)cn1. The van der Waals surface area contributed by atoms with Gasteiger partial charge in [-0.05, 0) is 31.1 Å². The largest absolute Gasteiger partial charge is 0.476 e. The summed E-state index contributed by atoms with van der Waals surface area (Å²) in [4.78, 5) is 21.0. The molecule has 17 heavy (non-hydrogen) atoms. The highest BCUT2D eigenvalue weighted by Crippen LogP contribution is 2.52. The first-order valence-electron chi connectivity index (χ1n) is 5.99. The van der Waals surface area contributed by atoms with Gasteiger partial charge in [0.05, 0.1) is 12.4 Å².